The molecule has 0 aromatic carbocycles. The van der Waals surface area contributed by atoms with E-state index in [2.05, 4.69) is 4.72 Å². The van der Waals surface area contributed by atoms with Crippen molar-refractivity contribution in [2.45, 2.75) is 0 Å². The van der Waals surface area contributed by atoms with Gasteiger partial charge in [-0.15, -0.1) is 11.8 Å². The van der Waals surface area contributed by atoms with Crippen LogP contribution in [0.5, 0.6) is 0 Å². The Morgan fingerprint density at radius 2 is 2.50 bits per heavy atom. The SMILES string of the molecule is [CH]1SC=CNS1. The quantitative estimate of drug-likeness (QED) is 0.485. The molecule has 1 N–H and O–H groups in total. The van der Waals surface area contributed by atoms with Crippen molar-refractivity contribution in [3.63, 3.8) is 0 Å². The van der Waals surface area contributed by atoms with Crippen LogP contribution >= 0.6 is 23.7 Å². The molecule has 0 saturated heterocycles. The van der Waals surface area contributed by atoms with Crippen LogP contribution in [0.3, 0.4) is 0 Å². The summed E-state index contributed by atoms with van der Waals surface area (Å²) in [7, 11) is 0. The van der Waals surface area contributed by atoms with Crippen LogP contribution in [0.1, 0.15) is 0 Å². The van der Waals surface area contributed by atoms with Crippen LogP contribution in [0.4, 0.5) is 0 Å². The summed E-state index contributed by atoms with van der Waals surface area (Å²) in [6.07, 6.45) is 1.91. The van der Waals surface area contributed by atoms with Crippen molar-refractivity contribution in [2.24, 2.45) is 0 Å². The highest BCUT2D eigenvalue weighted by Gasteiger charge is 1.86. The molecule has 1 rings (SSSR count). The van der Waals surface area contributed by atoms with Gasteiger partial charge in [0.05, 0.1) is 5.08 Å². The lowest BCUT2D eigenvalue weighted by molar-refractivity contribution is 1.43. The zero-order valence-electron chi connectivity index (χ0n) is 3.05. The zero-order chi connectivity index (χ0) is 4.24. The van der Waals surface area contributed by atoms with E-state index < -0.39 is 0 Å². The summed E-state index contributed by atoms with van der Waals surface area (Å²) in [4.78, 5) is 0. The minimum atomic E-state index is 1.60. The maximum absolute atomic E-state index is 2.94. The average molecular weight is 118 g/mol. The van der Waals surface area contributed by atoms with Crippen LogP contribution in [0.2, 0.25) is 0 Å². The van der Waals surface area contributed by atoms with Crippen LogP contribution in [0.25, 0.3) is 0 Å². The molecule has 0 fully saturated rings. The standard InChI is InChI=1S/C3H4NS2/c1-2-5-3-6-4-1/h1-4H. The Hall–Kier alpha value is 0.240. The lowest BCUT2D eigenvalue weighted by Gasteiger charge is -1.99. The number of nitrogens with one attached hydrogen (secondary N) is 1. The Morgan fingerprint density at radius 1 is 1.50 bits per heavy atom. The number of rotatable bonds is 0. The first-order chi connectivity index (χ1) is 3.00. The summed E-state index contributed by atoms with van der Waals surface area (Å²) in [6, 6.07) is 0. The second kappa shape index (κ2) is 2.42. The van der Waals surface area contributed by atoms with Crippen LogP contribution in [0.15, 0.2) is 11.6 Å². The molecule has 0 bridgehead atoms. The lowest BCUT2D eigenvalue weighted by Crippen LogP contribution is -1.89. The topological polar surface area (TPSA) is 12.0 Å². The molecule has 0 aromatic rings. The molecule has 1 nitrogen and oxygen atoms in total. The van der Waals surface area contributed by atoms with Gasteiger partial charge in [-0.3, -0.25) is 0 Å². The van der Waals surface area contributed by atoms with Gasteiger partial charge in [0.1, 0.15) is 0 Å². The average Bonchev–Trinajstić information content (AvgIpc) is 1.72. The summed E-state index contributed by atoms with van der Waals surface area (Å²) in [5.74, 6) is 0. The molecule has 0 spiro atoms. The summed E-state index contributed by atoms with van der Waals surface area (Å²) in [6.45, 7) is 0. The fraction of sp³-hybridized carbons (Fsp3) is 0. The fourth-order valence-electron chi connectivity index (χ4n) is 0.194. The summed E-state index contributed by atoms with van der Waals surface area (Å²) in [5, 5.41) is 4.02. The second-order valence-electron chi connectivity index (χ2n) is 0.771. The van der Waals surface area contributed by atoms with Crippen LogP contribution in [-0.2, 0) is 0 Å². The highest BCUT2D eigenvalue weighted by Crippen LogP contribution is 2.19. The third-order valence-corrected chi connectivity index (χ3v) is 1.78. The first-order valence-electron chi connectivity index (χ1n) is 1.53. The smallest absolute Gasteiger partial charge is 0.0971 e. The third kappa shape index (κ3) is 1.14. The largest absolute Gasteiger partial charge is 0.335 e. The van der Waals surface area contributed by atoms with Crippen molar-refractivity contribution in [2.75, 3.05) is 0 Å². The number of hydrogen-bond donors (Lipinski definition) is 1. The zero-order valence-corrected chi connectivity index (χ0v) is 4.68. The van der Waals surface area contributed by atoms with Gasteiger partial charge in [0.25, 0.3) is 0 Å². The van der Waals surface area contributed by atoms with Crippen molar-refractivity contribution in [1.29, 1.82) is 0 Å². The second-order valence-corrected chi connectivity index (χ2v) is 2.56. The molecule has 0 atom stereocenters. The molecule has 6 heavy (non-hydrogen) atoms. The molecule has 0 aliphatic carbocycles. The lowest BCUT2D eigenvalue weighted by atomic mass is 11.1. The van der Waals surface area contributed by atoms with Gasteiger partial charge in [0.2, 0.25) is 0 Å². The van der Waals surface area contributed by atoms with Gasteiger partial charge in [-0.05, 0) is 17.4 Å². The van der Waals surface area contributed by atoms with Crippen molar-refractivity contribution in [1.82, 2.24) is 4.72 Å². The van der Waals surface area contributed by atoms with Crippen molar-refractivity contribution >= 4 is 23.7 Å². The van der Waals surface area contributed by atoms with Gasteiger partial charge in [-0.2, -0.15) is 0 Å². The molecule has 0 aromatic heterocycles. The van der Waals surface area contributed by atoms with Crippen molar-refractivity contribution in [3.05, 3.63) is 16.7 Å². The van der Waals surface area contributed by atoms with Crippen LogP contribution in [0, 0.1) is 5.08 Å². The Kier molecular flexibility index (Phi) is 1.77. The number of hydrogen-bond acceptors (Lipinski definition) is 3. The van der Waals surface area contributed by atoms with E-state index in [1.54, 1.807) is 23.7 Å². The molecule has 1 radical (unpaired) electrons. The summed E-state index contributed by atoms with van der Waals surface area (Å²) < 4.78 is 2.94. The molecular weight excluding hydrogens is 114 g/mol. The maximum Gasteiger partial charge on any atom is 0.0971 e. The van der Waals surface area contributed by atoms with E-state index in [4.69, 9.17) is 0 Å². The monoisotopic (exact) mass is 118 g/mol. The number of thioether (sulfide) groups is 1. The van der Waals surface area contributed by atoms with Gasteiger partial charge >= 0.3 is 0 Å². The van der Waals surface area contributed by atoms with E-state index in [1.165, 1.54) is 0 Å². The van der Waals surface area contributed by atoms with Crippen LogP contribution in [-0.4, -0.2) is 0 Å². The Labute approximate surface area is 45.7 Å². The maximum atomic E-state index is 2.94. The minimum Gasteiger partial charge on any atom is -0.335 e. The molecule has 0 amide bonds. The van der Waals surface area contributed by atoms with Crippen molar-refractivity contribution < 1.29 is 0 Å². The van der Waals surface area contributed by atoms with E-state index in [1.807, 2.05) is 16.7 Å². The first-order valence-corrected chi connectivity index (χ1v) is 3.36. The molecular formula is C3H4NS2. The normalized spacial score (nSPS) is 20.0. The molecule has 1 heterocycles. The Bertz CT molecular complexity index is 53.8. The minimum absolute atomic E-state index is 1.60. The third-order valence-electron chi connectivity index (χ3n) is 0.386. The van der Waals surface area contributed by atoms with Gasteiger partial charge in [0.15, 0.2) is 0 Å². The van der Waals surface area contributed by atoms with Gasteiger partial charge in [-0.1, -0.05) is 0 Å². The molecule has 0 unspecified atom stereocenters. The summed E-state index contributed by atoms with van der Waals surface area (Å²) in [5.41, 5.74) is 0. The molecule has 0 saturated carbocycles. The molecule has 33 valence electrons. The van der Waals surface area contributed by atoms with E-state index in [0.717, 1.165) is 0 Å². The summed E-state index contributed by atoms with van der Waals surface area (Å²) >= 11 is 3.29. The predicted octanol–water partition coefficient (Wildman–Crippen LogP) is 1.56. The van der Waals surface area contributed by atoms with E-state index >= 15 is 0 Å². The van der Waals surface area contributed by atoms with Gasteiger partial charge in [-0.25, -0.2) is 0 Å². The predicted molar refractivity (Wildman–Crippen MR) is 31.8 cm³/mol. The molecule has 3 heteroatoms. The molecule has 1 aliphatic rings. The Morgan fingerprint density at radius 3 is 2.67 bits per heavy atom. The Balaban J connectivity index is 2.26. The first kappa shape index (κ1) is 4.40. The highest BCUT2D eigenvalue weighted by molar-refractivity contribution is 8.20. The molecule has 1 aliphatic heterocycles. The van der Waals surface area contributed by atoms with E-state index in [0.29, 0.717) is 0 Å². The van der Waals surface area contributed by atoms with Gasteiger partial charge < -0.3 is 4.72 Å². The van der Waals surface area contributed by atoms with E-state index in [9.17, 15) is 0 Å². The highest BCUT2D eigenvalue weighted by atomic mass is 32.2. The van der Waals surface area contributed by atoms with Crippen molar-refractivity contribution in [3.8, 4) is 0 Å². The van der Waals surface area contributed by atoms with Crippen LogP contribution < -0.4 is 4.72 Å². The van der Waals surface area contributed by atoms with Gasteiger partial charge in [0, 0.05) is 6.20 Å². The van der Waals surface area contributed by atoms with E-state index in [-0.39, 0.29) is 0 Å². The fourth-order valence-corrected chi connectivity index (χ4v) is 1.27.